The minimum atomic E-state index is -0.340. The fourth-order valence-electron chi connectivity index (χ4n) is 1.47. The molecule has 5 heteroatoms. The van der Waals surface area contributed by atoms with Crippen molar-refractivity contribution in [2.75, 3.05) is 0 Å². The number of benzene rings is 1. The zero-order chi connectivity index (χ0) is 13.1. The molecule has 1 heterocycles. The van der Waals surface area contributed by atoms with Crippen LogP contribution in [0.4, 0.5) is 4.39 Å². The minimum Gasteiger partial charge on any atom is -0.292 e. The molecule has 2 aromatic rings. The molecular weight excluding hydrogens is 365 g/mol. The Kier molecular flexibility index (Phi) is 4.24. The van der Waals surface area contributed by atoms with E-state index in [4.69, 9.17) is 0 Å². The molecule has 0 unspecified atom stereocenters. The van der Waals surface area contributed by atoms with E-state index in [9.17, 15) is 9.18 Å². The predicted molar refractivity (Wildman–Crippen MR) is 74.1 cm³/mol. The molecule has 0 fully saturated rings. The molecule has 18 heavy (non-hydrogen) atoms. The van der Waals surface area contributed by atoms with Crippen LogP contribution < -0.4 is 0 Å². The Hall–Kier alpha value is -1.07. The second-order valence-corrected chi connectivity index (χ2v) is 5.48. The summed E-state index contributed by atoms with van der Waals surface area (Å²) in [5.41, 5.74) is 1.15. The first kappa shape index (κ1) is 13.4. The number of ketones is 1. The van der Waals surface area contributed by atoms with Gasteiger partial charge in [-0.15, -0.1) is 0 Å². The number of hydrogen-bond acceptors (Lipinski definition) is 2. The number of hydrogen-bond donors (Lipinski definition) is 0. The number of pyridine rings is 1. The second-order valence-electron chi connectivity index (χ2n) is 3.71. The number of rotatable bonds is 3. The lowest BCUT2D eigenvalue weighted by molar-refractivity contribution is 0.0988. The highest BCUT2D eigenvalue weighted by molar-refractivity contribution is 9.10. The molecule has 0 N–H and O–H groups in total. The largest absolute Gasteiger partial charge is 0.292 e. The molecule has 0 amide bonds. The van der Waals surface area contributed by atoms with Crippen LogP contribution in [0.25, 0.3) is 0 Å². The summed E-state index contributed by atoms with van der Waals surface area (Å²) < 4.78 is 14.2. The quantitative estimate of drug-likeness (QED) is 0.757. The second kappa shape index (κ2) is 5.71. The van der Waals surface area contributed by atoms with Gasteiger partial charge in [0.05, 0.1) is 4.47 Å². The summed E-state index contributed by atoms with van der Waals surface area (Å²) in [5, 5.41) is 0. The summed E-state index contributed by atoms with van der Waals surface area (Å²) in [7, 11) is 0. The number of aromatic nitrogens is 1. The minimum absolute atomic E-state index is 0.0963. The van der Waals surface area contributed by atoms with Crippen molar-refractivity contribution < 1.29 is 9.18 Å². The Morgan fingerprint density at radius 1 is 1.22 bits per heavy atom. The van der Waals surface area contributed by atoms with Crippen LogP contribution in [0, 0.1) is 5.82 Å². The number of Topliss-reactive ketones (excluding diaryl/α,β-unsaturated/α-hetero) is 1. The molecule has 0 saturated carbocycles. The first-order chi connectivity index (χ1) is 8.56. The lowest BCUT2D eigenvalue weighted by Gasteiger charge is -2.02. The van der Waals surface area contributed by atoms with Gasteiger partial charge in [-0.2, -0.15) is 0 Å². The standard InChI is InChI=1S/C13H8Br2FNO/c14-9-2-4-12(17-7-9)13(18)6-8-1-3-11(16)10(15)5-8/h1-5,7H,6H2. The number of carbonyl (C=O) groups is 1. The summed E-state index contributed by atoms with van der Waals surface area (Å²) in [4.78, 5) is 16.0. The molecule has 92 valence electrons. The van der Waals surface area contributed by atoms with E-state index in [-0.39, 0.29) is 18.0 Å². The fraction of sp³-hybridized carbons (Fsp3) is 0.0769. The number of carbonyl (C=O) groups excluding carboxylic acids is 1. The zero-order valence-electron chi connectivity index (χ0n) is 9.16. The van der Waals surface area contributed by atoms with Crippen molar-refractivity contribution in [1.82, 2.24) is 4.98 Å². The van der Waals surface area contributed by atoms with Crippen LogP contribution in [-0.4, -0.2) is 10.8 Å². The monoisotopic (exact) mass is 371 g/mol. The molecule has 0 radical (unpaired) electrons. The van der Waals surface area contributed by atoms with Crippen molar-refractivity contribution in [3.63, 3.8) is 0 Å². The van der Waals surface area contributed by atoms with E-state index in [1.165, 1.54) is 6.07 Å². The van der Waals surface area contributed by atoms with Gasteiger partial charge in [-0.05, 0) is 61.7 Å². The van der Waals surface area contributed by atoms with Crippen LogP contribution in [0.3, 0.4) is 0 Å². The van der Waals surface area contributed by atoms with Gasteiger partial charge in [0.1, 0.15) is 11.5 Å². The summed E-state index contributed by atoms with van der Waals surface area (Å²) in [6, 6.07) is 7.95. The van der Waals surface area contributed by atoms with Crippen LogP contribution in [-0.2, 0) is 6.42 Å². The van der Waals surface area contributed by atoms with E-state index in [1.54, 1.807) is 30.5 Å². The topological polar surface area (TPSA) is 30.0 Å². The van der Waals surface area contributed by atoms with Gasteiger partial charge in [0.25, 0.3) is 0 Å². The molecule has 0 spiro atoms. The maximum atomic E-state index is 13.1. The van der Waals surface area contributed by atoms with Gasteiger partial charge in [-0.1, -0.05) is 6.07 Å². The summed E-state index contributed by atoms with van der Waals surface area (Å²) >= 11 is 6.35. The van der Waals surface area contributed by atoms with Gasteiger partial charge in [0.15, 0.2) is 5.78 Å². The van der Waals surface area contributed by atoms with Crippen LogP contribution in [0.5, 0.6) is 0 Å². The Labute approximate surface area is 121 Å². The molecule has 0 aliphatic rings. The maximum Gasteiger partial charge on any atom is 0.185 e. The van der Waals surface area contributed by atoms with E-state index in [2.05, 4.69) is 36.8 Å². The molecule has 1 aromatic heterocycles. The van der Waals surface area contributed by atoms with Crippen LogP contribution >= 0.6 is 31.9 Å². The SMILES string of the molecule is O=C(Cc1ccc(F)c(Br)c1)c1ccc(Br)cn1. The average Bonchev–Trinajstić information content (AvgIpc) is 2.34. The van der Waals surface area contributed by atoms with Gasteiger partial charge in [0.2, 0.25) is 0 Å². The third-order valence-corrected chi connectivity index (χ3v) is 3.44. The van der Waals surface area contributed by atoms with Gasteiger partial charge < -0.3 is 0 Å². The van der Waals surface area contributed by atoms with Crippen molar-refractivity contribution >= 4 is 37.6 Å². The highest BCUT2D eigenvalue weighted by atomic mass is 79.9. The predicted octanol–water partition coefficient (Wildman–Crippen LogP) is 4.17. The van der Waals surface area contributed by atoms with E-state index in [1.807, 2.05) is 0 Å². The van der Waals surface area contributed by atoms with Crippen molar-refractivity contribution in [3.8, 4) is 0 Å². The van der Waals surface area contributed by atoms with Gasteiger partial charge in [0, 0.05) is 17.1 Å². The van der Waals surface area contributed by atoms with Crippen molar-refractivity contribution in [1.29, 1.82) is 0 Å². The first-order valence-electron chi connectivity index (χ1n) is 5.15. The van der Waals surface area contributed by atoms with E-state index in [0.29, 0.717) is 10.2 Å². The van der Waals surface area contributed by atoms with Gasteiger partial charge in [-0.25, -0.2) is 4.39 Å². The van der Waals surface area contributed by atoms with Crippen LogP contribution in [0.2, 0.25) is 0 Å². The molecule has 0 saturated heterocycles. The normalized spacial score (nSPS) is 10.4. The first-order valence-corrected chi connectivity index (χ1v) is 6.73. The molecular formula is C13H8Br2FNO. The molecule has 2 rings (SSSR count). The summed E-state index contributed by atoms with van der Waals surface area (Å²) in [6.07, 6.45) is 1.78. The van der Waals surface area contributed by atoms with Crippen molar-refractivity contribution in [3.05, 3.63) is 62.5 Å². The Bertz CT molecular complexity index is 584. The van der Waals surface area contributed by atoms with Gasteiger partial charge in [-0.3, -0.25) is 9.78 Å². The highest BCUT2D eigenvalue weighted by Gasteiger charge is 2.09. The van der Waals surface area contributed by atoms with Crippen LogP contribution in [0.1, 0.15) is 16.1 Å². The molecule has 0 aliphatic heterocycles. The number of nitrogens with zero attached hydrogens (tertiary/aromatic N) is 1. The average molecular weight is 373 g/mol. The molecule has 0 aliphatic carbocycles. The Morgan fingerprint density at radius 3 is 2.61 bits per heavy atom. The third kappa shape index (κ3) is 3.23. The lowest BCUT2D eigenvalue weighted by atomic mass is 10.1. The van der Waals surface area contributed by atoms with E-state index < -0.39 is 0 Å². The Morgan fingerprint density at radius 2 is 2.00 bits per heavy atom. The van der Waals surface area contributed by atoms with Crippen molar-refractivity contribution in [2.45, 2.75) is 6.42 Å². The molecule has 2 nitrogen and oxygen atoms in total. The lowest BCUT2D eigenvalue weighted by Crippen LogP contribution is -2.05. The number of halogens is 3. The third-order valence-electron chi connectivity index (χ3n) is 2.36. The zero-order valence-corrected chi connectivity index (χ0v) is 12.3. The fourth-order valence-corrected chi connectivity index (χ4v) is 2.13. The summed E-state index contributed by atoms with van der Waals surface area (Å²) in [6.45, 7) is 0. The highest BCUT2D eigenvalue weighted by Crippen LogP contribution is 2.18. The molecule has 0 atom stereocenters. The van der Waals surface area contributed by atoms with Crippen LogP contribution in [0.15, 0.2) is 45.5 Å². The summed E-state index contributed by atoms with van der Waals surface area (Å²) in [5.74, 6) is -0.436. The molecule has 1 aromatic carbocycles. The maximum absolute atomic E-state index is 13.1. The van der Waals surface area contributed by atoms with E-state index in [0.717, 1.165) is 10.0 Å². The van der Waals surface area contributed by atoms with Gasteiger partial charge >= 0.3 is 0 Å². The Balaban J connectivity index is 2.16. The van der Waals surface area contributed by atoms with Crippen molar-refractivity contribution in [2.24, 2.45) is 0 Å². The smallest absolute Gasteiger partial charge is 0.185 e. The molecule has 0 bridgehead atoms. The van der Waals surface area contributed by atoms with E-state index >= 15 is 0 Å².